The molecular weight excluding hydrogens is 409 g/mol. The fourth-order valence-electron chi connectivity index (χ4n) is 5.24. The number of benzene rings is 1. The minimum absolute atomic E-state index is 0.0289. The summed E-state index contributed by atoms with van der Waals surface area (Å²) in [5.74, 6) is 0.669. The standard InChI is InChI=1S/C23H31F3N2OS/c1-27-22(11-15-10-20(25)21(26)12-19(15)24)16-8-17-4-5-18(9-16)28(17)23(29)6-7-30-13-14-2-3-14/h10,12,14,16-18,22,27H,2-9,11,13H2,1H3/t16?,17-,18?,22?/m1/s1. The predicted molar refractivity (Wildman–Crippen MR) is 114 cm³/mol. The van der Waals surface area contributed by atoms with Crippen LogP contribution in [0.3, 0.4) is 0 Å². The number of rotatable bonds is 9. The van der Waals surface area contributed by atoms with E-state index in [-0.39, 0.29) is 35.5 Å². The van der Waals surface area contributed by atoms with E-state index in [1.54, 1.807) is 0 Å². The van der Waals surface area contributed by atoms with Gasteiger partial charge in [0.05, 0.1) is 0 Å². The highest BCUT2D eigenvalue weighted by atomic mass is 32.2. The maximum atomic E-state index is 14.1. The lowest BCUT2D eigenvalue weighted by atomic mass is 9.82. The molecule has 1 N–H and O–H groups in total. The number of carbonyl (C=O) groups is 1. The van der Waals surface area contributed by atoms with Crippen LogP contribution in [0.2, 0.25) is 0 Å². The van der Waals surface area contributed by atoms with Crippen molar-refractivity contribution in [2.24, 2.45) is 11.8 Å². The molecule has 3 nitrogen and oxygen atoms in total. The van der Waals surface area contributed by atoms with Crippen LogP contribution >= 0.6 is 11.8 Å². The van der Waals surface area contributed by atoms with Crippen molar-refractivity contribution in [1.29, 1.82) is 0 Å². The first-order chi connectivity index (χ1) is 14.5. The van der Waals surface area contributed by atoms with Gasteiger partial charge in [-0.2, -0.15) is 11.8 Å². The van der Waals surface area contributed by atoms with Crippen molar-refractivity contribution in [3.05, 3.63) is 35.1 Å². The second kappa shape index (κ2) is 9.51. The van der Waals surface area contributed by atoms with E-state index in [9.17, 15) is 18.0 Å². The molecule has 0 radical (unpaired) electrons. The Hall–Kier alpha value is -1.21. The van der Waals surface area contributed by atoms with Crippen molar-refractivity contribution >= 4 is 17.7 Å². The van der Waals surface area contributed by atoms with Gasteiger partial charge < -0.3 is 10.2 Å². The molecule has 1 aromatic carbocycles. The Labute approximate surface area is 181 Å². The second-order valence-corrected chi connectivity index (χ2v) is 10.3. The molecule has 2 aliphatic heterocycles. The average Bonchev–Trinajstić information content (AvgIpc) is 3.50. The normalized spacial score (nSPS) is 26.8. The molecule has 3 unspecified atom stereocenters. The van der Waals surface area contributed by atoms with Crippen LogP contribution in [0.15, 0.2) is 12.1 Å². The number of nitrogens with zero attached hydrogens (tertiary/aromatic N) is 1. The lowest BCUT2D eigenvalue weighted by molar-refractivity contribution is -0.136. The SMILES string of the molecule is CNC(Cc1cc(F)c(F)cc1F)C1CC2CC[C@H](C1)N2C(=O)CCSCC1CC1. The van der Waals surface area contributed by atoms with Crippen LogP contribution in [-0.2, 0) is 11.2 Å². The van der Waals surface area contributed by atoms with Gasteiger partial charge in [0.25, 0.3) is 0 Å². The molecule has 1 aromatic rings. The number of hydrogen-bond donors (Lipinski definition) is 1. The minimum Gasteiger partial charge on any atom is -0.337 e. The van der Waals surface area contributed by atoms with Crippen LogP contribution < -0.4 is 5.32 Å². The third-order valence-electron chi connectivity index (χ3n) is 7.04. The van der Waals surface area contributed by atoms with E-state index < -0.39 is 17.5 Å². The largest absolute Gasteiger partial charge is 0.337 e. The molecule has 0 aromatic heterocycles. The average molecular weight is 441 g/mol. The first kappa shape index (κ1) is 22.0. The number of amides is 1. The van der Waals surface area contributed by atoms with E-state index >= 15 is 0 Å². The van der Waals surface area contributed by atoms with Crippen LogP contribution in [0.4, 0.5) is 13.2 Å². The highest BCUT2D eigenvalue weighted by Gasteiger charge is 2.44. The summed E-state index contributed by atoms with van der Waals surface area (Å²) in [6.45, 7) is 0. The van der Waals surface area contributed by atoms with Crippen LogP contribution in [0.25, 0.3) is 0 Å². The lowest BCUT2D eigenvalue weighted by Gasteiger charge is -2.42. The zero-order chi connectivity index (χ0) is 21.3. The molecule has 2 bridgehead atoms. The Morgan fingerprint density at radius 1 is 1.10 bits per heavy atom. The maximum absolute atomic E-state index is 14.1. The van der Waals surface area contributed by atoms with Gasteiger partial charge in [-0.25, -0.2) is 13.2 Å². The van der Waals surface area contributed by atoms with Gasteiger partial charge >= 0.3 is 0 Å². The van der Waals surface area contributed by atoms with Crippen LogP contribution in [0.5, 0.6) is 0 Å². The van der Waals surface area contributed by atoms with Gasteiger partial charge in [0.15, 0.2) is 11.6 Å². The van der Waals surface area contributed by atoms with Gasteiger partial charge in [-0.3, -0.25) is 4.79 Å². The van der Waals surface area contributed by atoms with Gasteiger partial charge in [-0.15, -0.1) is 0 Å². The van der Waals surface area contributed by atoms with Gasteiger partial charge in [0, 0.05) is 36.4 Å². The summed E-state index contributed by atoms with van der Waals surface area (Å²) in [7, 11) is 1.83. The molecule has 166 valence electrons. The van der Waals surface area contributed by atoms with Gasteiger partial charge in [-0.05, 0) is 81.2 Å². The van der Waals surface area contributed by atoms with Crippen molar-refractivity contribution in [2.45, 2.75) is 69.5 Å². The molecule has 30 heavy (non-hydrogen) atoms. The fourth-order valence-corrected chi connectivity index (χ4v) is 6.39. The molecule has 3 fully saturated rings. The second-order valence-electron chi connectivity index (χ2n) is 9.14. The quantitative estimate of drug-likeness (QED) is 0.452. The highest BCUT2D eigenvalue weighted by molar-refractivity contribution is 7.99. The predicted octanol–water partition coefficient (Wildman–Crippen LogP) is 4.54. The smallest absolute Gasteiger partial charge is 0.223 e. The Kier molecular flexibility index (Phi) is 6.98. The molecule has 1 amide bonds. The first-order valence-electron chi connectivity index (χ1n) is 11.2. The summed E-state index contributed by atoms with van der Waals surface area (Å²) in [6.07, 6.45) is 7.44. The van der Waals surface area contributed by atoms with Crippen LogP contribution in [0.1, 0.15) is 50.5 Å². The highest BCUT2D eigenvalue weighted by Crippen LogP contribution is 2.41. The van der Waals surface area contributed by atoms with E-state index in [2.05, 4.69) is 10.2 Å². The number of nitrogens with one attached hydrogen (secondary N) is 1. The number of piperidine rings is 1. The lowest BCUT2D eigenvalue weighted by Crippen LogP contribution is -2.51. The Bertz CT molecular complexity index is 759. The Morgan fingerprint density at radius 2 is 1.77 bits per heavy atom. The maximum Gasteiger partial charge on any atom is 0.223 e. The number of halogens is 3. The molecule has 3 aliphatic rings. The van der Waals surface area contributed by atoms with Crippen molar-refractivity contribution in [2.75, 3.05) is 18.6 Å². The summed E-state index contributed by atoms with van der Waals surface area (Å²) in [4.78, 5) is 15.0. The van der Waals surface area contributed by atoms with Gasteiger partial charge in [0.1, 0.15) is 5.82 Å². The van der Waals surface area contributed by atoms with E-state index in [0.717, 1.165) is 43.4 Å². The molecule has 7 heteroatoms. The summed E-state index contributed by atoms with van der Waals surface area (Å²) in [5.41, 5.74) is 0.201. The van der Waals surface area contributed by atoms with E-state index in [0.29, 0.717) is 18.9 Å². The Balaban J connectivity index is 1.34. The fraction of sp³-hybridized carbons (Fsp3) is 0.696. The van der Waals surface area contributed by atoms with Crippen molar-refractivity contribution in [3.8, 4) is 0 Å². The van der Waals surface area contributed by atoms with Crippen LogP contribution in [0, 0.1) is 29.3 Å². The van der Waals surface area contributed by atoms with Crippen molar-refractivity contribution < 1.29 is 18.0 Å². The first-order valence-corrected chi connectivity index (χ1v) is 12.3. The summed E-state index contributed by atoms with van der Waals surface area (Å²) in [5, 5.41) is 3.26. The van der Waals surface area contributed by atoms with Crippen molar-refractivity contribution in [3.63, 3.8) is 0 Å². The molecule has 4 rings (SSSR count). The molecule has 0 spiro atoms. The van der Waals surface area contributed by atoms with E-state index in [4.69, 9.17) is 0 Å². The van der Waals surface area contributed by atoms with Gasteiger partial charge in [-0.1, -0.05) is 0 Å². The third-order valence-corrected chi connectivity index (χ3v) is 8.24. The summed E-state index contributed by atoms with van der Waals surface area (Å²) >= 11 is 1.90. The Morgan fingerprint density at radius 3 is 2.40 bits per heavy atom. The van der Waals surface area contributed by atoms with Crippen LogP contribution in [-0.4, -0.2) is 47.5 Å². The number of carbonyl (C=O) groups excluding carboxylic acids is 1. The number of likely N-dealkylation sites (N-methyl/N-ethyl adjacent to an activating group) is 1. The zero-order valence-corrected chi connectivity index (χ0v) is 18.3. The summed E-state index contributed by atoms with van der Waals surface area (Å²) in [6, 6.07) is 2.07. The minimum atomic E-state index is -1.16. The van der Waals surface area contributed by atoms with Gasteiger partial charge in [0.2, 0.25) is 5.91 Å². The van der Waals surface area contributed by atoms with E-state index in [1.165, 1.54) is 18.6 Å². The number of hydrogen-bond acceptors (Lipinski definition) is 3. The molecule has 4 atom stereocenters. The molecule has 2 heterocycles. The monoisotopic (exact) mass is 440 g/mol. The molecule has 2 saturated heterocycles. The molecular formula is C23H31F3N2OS. The third kappa shape index (κ3) is 4.98. The topological polar surface area (TPSA) is 32.3 Å². The summed E-state index contributed by atoms with van der Waals surface area (Å²) < 4.78 is 41.0. The number of fused-ring (bicyclic) bond motifs is 2. The van der Waals surface area contributed by atoms with E-state index in [1.807, 2.05) is 18.8 Å². The molecule has 1 saturated carbocycles. The molecule has 1 aliphatic carbocycles. The van der Waals surface area contributed by atoms with Crippen molar-refractivity contribution in [1.82, 2.24) is 10.2 Å². The number of thioether (sulfide) groups is 1. The zero-order valence-electron chi connectivity index (χ0n) is 17.5.